The van der Waals surface area contributed by atoms with Crippen LogP contribution in [0.15, 0.2) is 22.7 Å². The second-order valence-electron chi connectivity index (χ2n) is 5.55. The molecule has 21 heavy (non-hydrogen) atoms. The lowest BCUT2D eigenvalue weighted by molar-refractivity contribution is -0.00293. The van der Waals surface area contributed by atoms with Crippen LogP contribution in [0.2, 0.25) is 5.02 Å². The zero-order valence-electron chi connectivity index (χ0n) is 12.2. The second-order valence-corrected chi connectivity index (χ2v) is 6.87. The van der Waals surface area contributed by atoms with E-state index >= 15 is 0 Å². The van der Waals surface area contributed by atoms with Crippen molar-refractivity contribution >= 4 is 33.4 Å². The Morgan fingerprint density at radius 3 is 2.90 bits per heavy atom. The lowest BCUT2D eigenvalue weighted by Gasteiger charge is -2.28. The summed E-state index contributed by atoms with van der Waals surface area (Å²) in [4.78, 5) is 12.0. The van der Waals surface area contributed by atoms with Gasteiger partial charge in [0.25, 0.3) is 5.91 Å². The number of carbonyl (C=O) groups excluding carboxylic acids is 1. The van der Waals surface area contributed by atoms with Gasteiger partial charge in [0, 0.05) is 11.0 Å². The zero-order chi connectivity index (χ0) is 15.2. The normalized spacial score (nSPS) is 22.0. The quantitative estimate of drug-likeness (QED) is 0.774. The minimum Gasteiger partial charge on any atom is -0.376 e. The van der Waals surface area contributed by atoms with Gasteiger partial charge in [0.15, 0.2) is 0 Å². The van der Waals surface area contributed by atoms with Crippen molar-refractivity contribution in [3.8, 4) is 0 Å². The van der Waals surface area contributed by atoms with Crippen LogP contribution in [0.5, 0.6) is 0 Å². The minimum atomic E-state index is -0.159. The summed E-state index contributed by atoms with van der Waals surface area (Å²) in [6, 6.07) is 5.24. The van der Waals surface area contributed by atoms with E-state index in [1.165, 1.54) is 19.3 Å². The van der Waals surface area contributed by atoms with Gasteiger partial charge >= 0.3 is 0 Å². The van der Waals surface area contributed by atoms with Crippen LogP contribution < -0.4 is 5.32 Å². The average molecular weight is 375 g/mol. The van der Waals surface area contributed by atoms with Gasteiger partial charge in [-0.05, 0) is 37.0 Å². The molecule has 1 aromatic rings. The third kappa shape index (κ3) is 4.97. The van der Waals surface area contributed by atoms with E-state index in [2.05, 4.69) is 28.2 Å². The van der Waals surface area contributed by atoms with Crippen LogP contribution in [-0.2, 0) is 4.74 Å². The number of carbonyl (C=O) groups is 1. The number of hydrogen-bond donors (Lipinski definition) is 1. The first-order chi connectivity index (χ1) is 10.1. The van der Waals surface area contributed by atoms with Crippen LogP contribution in [-0.4, -0.2) is 25.2 Å². The van der Waals surface area contributed by atoms with Gasteiger partial charge in [-0.1, -0.05) is 47.3 Å². The molecule has 1 aliphatic carbocycles. The molecular weight excluding hydrogens is 354 g/mol. The monoisotopic (exact) mass is 373 g/mol. The maximum Gasteiger partial charge on any atom is 0.252 e. The van der Waals surface area contributed by atoms with Gasteiger partial charge in [-0.2, -0.15) is 0 Å². The van der Waals surface area contributed by atoms with Gasteiger partial charge in [-0.15, -0.1) is 0 Å². The summed E-state index contributed by atoms with van der Waals surface area (Å²) >= 11 is 9.38. The van der Waals surface area contributed by atoms with Crippen LogP contribution in [0.1, 0.15) is 43.0 Å². The summed E-state index contributed by atoms with van der Waals surface area (Å²) in [5, 5.41) is 3.30. The maximum atomic E-state index is 12.0. The Hall–Kier alpha value is -0.580. The van der Waals surface area contributed by atoms with E-state index in [0.717, 1.165) is 10.9 Å². The number of rotatable bonds is 5. The fraction of sp³-hybridized carbons (Fsp3) is 0.562. The molecule has 0 radical (unpaired) electrons. The first kappa shape index (κ1) is 16.8. The molecule has 1 aromatic carbocycles. The van der Waals surface area contributed by atoms with E-state index < -0.39 is 0 Å². The van der Waals surface area contributed by atoms with Gasteiger partial charge in [0.2, 0.25) is 0 Å². The van der Waals surface area contributed by atoms with Crippen LogP contribution in [0.4, 0.5) is 0 Å². The molecule has 3 nitrogen and oxygen atoms in total. The summed E-state index contributed by atoms with van der Waals surface area (Å²) < 4.78 is 6.74. The highest BCUT2D eigenvalue weighted by atomic mass is 79.9. The van der Waals surface area contributed by atoms with E-state index in [9.17, 15) is 4.79 Å². The molecule has 0 bridgehead atoms. The standard InChI is InChI=1S/C16H21BrClNO2/c1-11-4-2-3-5-15(11)21-9-8-19-16(20)13-7-6-12(17)10-14(13)18/h6-7,10-11,15H,2-5,8-9H2,1H3,(H,19,20). The Labute approximate surface area is 139 Å². The Bertz CT molecular complexity index is 495. The van der Waals surface area contributed by atoms with Gasteiger partial charge in [0.1, 0.15) is 0 Å². The van der Waals surface area contributed by atoms with Crippen LogP contribution in [0.3, 0.4) is 0 Å². The molecule has 0 heterocycles. The first-order valence-corrected chi connectivity index (χ1v) is 8.60. The molecule has 1 fully saturated rings. The smallest absolute Gasteiger partial charge is 0.252 e. The molecule has 0 spiro atoms. The predicted octanol–water partition coefficient (Wildman–Crippen LogP) is 4.43. The van der Waals surface area contributed by atoms with Crippen molar-refractivity contribution in [2.75, 3.05) is 13.2 Å². The van der Waals surface area contributed by atoms with E-state index in [1.54, 1.807) is 18.2 Å². The molecule has 1 N–H and O–H groups in total. The SMILES string of the molecule is CC1CCCCC1OCCNC(=O)c1ccc(Br)cc1Cl. The van der Waals surface area contributed by atoms with Crippen LogP contribution in [0.25, 0.3) is 0 Å². The highest BCUT2D eigenvalue weighted by Crippen LogP contribution is 2.26. The lowest BCUT2D eigenvalue weighted by atomic mass is 9.88. The topological polar surface area (TPSA) is 38.3 Å². The first-order valence-electron chi connectivity index (χ1n) is 7.43. The summed E-state index contributed by atoms with van der Waals surface area (Å²) in [6.07, 6.45) is 5.27. The summed E-state index contributed by atoms with van der Waals surface area (Å²) in [7, 11) is 0. The number of nitrogens with one attached hydrogen (secondary N) is 1. The molecule has 0 aromatic heterocycles. The van der Waals surface area contributed by atoms with E-state index in [4.69, 9.17) is 16.3 Å². The molecular formula is C16H21BrClNO2. The van der Waals surface area contributed by atoms with Crippen molar-refractivity contribution in [3.63, 3.8) is 0 Å². The number of halogens is 2. The second kappa shape index (κ2) is 8.16. The molecule has 116 valence electrons. The molecule has 1 amide bonds. The van der Waals surface area contributed by atoms with Crippen LogP contribution in [0, 0.1) is 5.92 Å². The fourth-order valence-corrected chi connectivity index (χ4v) is 3.43. The molecule has 0 saturated heterocycles. The Morgan fingerprint density at radius 1 is 1.43 bits per heavy atom. The minimum absolute atomic E-state index is 0.159. The van der Waals surface area contributed by atoms with E-state index in [1.807, 2.05) is 0 Å². The maximum absolute atomic E-state index is 12.0. The molecule has 2 rings (SSSR count). The average Bonchev–Trinajstić information content (AvgIpc) is 2.45. The van der Waals surface area contributed by atoms with Gasteiger partial charge in [-0.3, -0.25) is 4.79 Å². The molecule has 1 saturated carbocycles. The molecule has 2 unspecified atom stereocenters. The third-order valence-corrected chi connectivity index (χ3v) is 4.73. The van der Waals surface area contributed by atoms with Crippen molar-refractivity contribution in [1.29, 1.82) is 0 Å². The largest absolute Gasteiger partial charge is 0.376 e. The van der Waals surface area contributed by atoms with Crippen LogP contribution >= 0.6 is 27.5 Å². The van der Waals surface area contributed by atoms with Gasteiger partial charge < -0.3 is 10.1 Å². The van der Waals surface area contributed by atoms with Crippen molar-refractivity contribution in [1.82, 2.24) is 5.32 Å². The molecule has 2 atom stereocenters. The summed E-state index contributed by atoms with van der Waals surface area (Å²) in [5.41, 5.74) is 0.492. The number of amides is 1. The molecule has 1 aliphatic rings. The summed E-state index contributed by atoms with van der Waals surface area (Å²) in [5.74, 6) is 0.461. The summed E-state index contributed by atoms with van der Waals surface area (Å²) in [6.45, 7) is 3.30. The third-order valence-electron chi connectivity index (χ3n) is 3.93. The highest BCUT2D eigenvalue weighted by molar-refractivity contribution is 9.10. The van der Waals surface area contributed by atoms with E-state index in [-0.39, 0.29) is 5.91 Å². The highest BCUT2D eigenvalue weighted by Gasteiger charge is 2.21. The van der Waals surface area contributed by atoms with Gasteiger partial charge in [0.05, 0.1) is 23.3 Å². The Morgan fingerprint density at radius 2 is 2.19 bits per heavy atom. The van der Waals surface area contributed by atoms with Crippen molar-refractivity contribution in [3.05, 3.63) is 33.3 Å². The Kier molecular flexibility index (Phi) is 6.52. The number of benzene rings is 1. The van der Waals surface area contributed by atoms with Crippen molar-refractivity contribution < 1.29 is 9.53 Å². The zero-order valence-corrected chi connectivity index (χ0v) is 14.5. The Balaban J connectivity index is 1.74. The predicted molar refractivity (Wildman–Crippen MR) is 88.9 cm³/mol. The fourth-order valence-electron chi connectivity index (χ4n) is 2.67. The van der Waals surface area contributed by atoms with Crippen molar-refractivity contribution in [2.24, 2.45) is 5.92 Å². The number of ether oxygens (including phenoxy) is 1. The van der Waals surface area contributed by atoms with Gasteiger partial charge in [-0.25, -0.2) is 0 Å². The molecule has 0 aliphatic heterocycles. The van der Waals surface area contributed by atoms with E-state index in [0.29, 0.717) is 35.8 Å². The molecule has 5 heteroatoms. The van der Waals surface area contributed by atoms with Crippen molar-refractivity contribution in [2.45, 2.75) is 38.7 Å². The lowest BCUT2D eigenvalue weighted by Crippen LogP contribution is -2.31. The number of hydrogen-bond acceptors (Lipinski definition) is 2.